The maximum atomic E-state index is 12.3. The maximum Gasteiger partial charge on any atom is 0.163 e. The molecule has 0 aromatic carbocycles. The largest absolute Gasteiger partial charge is 0.325 e. The SMILES string of the molecule is NCc1cn(CC(=O)C2CCc3cccnc32)nn1. The highest BCUT2D eigenvalue weighted by molar-refractivity contribution is 5.86. The second-order valence-electron chi connectivity index (χ2n) is 4.72. The minimum Gasteiger partial charge on any atom is -0.325 e. The molecule has 1 aliphatic carbocycles. The predicted molar refractivity (Wildman–Crippen MR) is 68.2 cm³/mol. The average Bonchev–Trinajstić information content (AvgIpc) is 3.04. The Bertz CT molecular complexity index is 607. The van der Waals surface area contributed by atoms with Crippen LogP contribution in [0, 0.1) is 0 Å². The van der Waals surface area contributed by atoms with Crippen LogP contribution in [0.25, 0.3) is 0 Å². The van der Waals surface area contributed by atoms with E-state index in [1.807, 2.05) is 12.1 Å². The van der Waals surface area contributed by atoms with Crippen molar-refractivity contribution in [1.82, 2.24) is 20.0 Å². The van der Waals surface area contributed by atoms with E-state index in [1.54, 1.807) is 17.1 Å². The predicted octanol–water partition coefficient (Wildman–Crippen LogP) is 0.431. The molecule has 2 aromatic heterocycles. The summed E-state index contributed by atoms with van der Waals surface area (Å²) in [5.41, 5.74) is 8.27. The highest BCUT2D eigenvalue weighted by Gasteiger charge is 2.29. The number of ketones is 1. The van der Waals surface area contributed by atoms with Crippen LogP contribution in [-0.4, -0.2) is 25.8 Å². The van der Waals surface area contributed by atoms with E-state index in [9.17, 15) is 4.79 Å². The van der Waals surface area contributed by atoms with Gasteiger partial charge in [-0.05, 0) is 24.5 Å². The summed E-state index contributed by atoms with van der Waals surface area (Å²) in [4.78, 5) is 16.7. The highest BCUT2D eigenvalue weighted by Crippen LogP contribution is 2.31. The molecule has 98 valence electrons. The Morgan fingerprint density at radius 3 is 3.21 bits per heavy atom. The summed E-state index contributed by atoms with van der Waals surface area (Å²) < 4.78 is 1.55. The zero-order valence-corrected chi connectivity index (χ0v) is 10.5. The second-order valence-corrected chi connectivity index (χ2v) is 4.72. The fourth-order valence-corrected chi connectivity index (χ4v) is 2.51. The van der Waals surface area contributed by atoms with Crippen molar-refractivity contribution in [3.05, 3.63) is 41.5 Å². The first kappa shape index (κ1) is 12.0. The molecule has 0 radical (unpaired) electrons. The van der Waals surface area contributed by atoms with Crippen LogP contribution < -0.4 is 5.73 Å². The summed E-state index contributed by atoms with van der Waals surface area (Å²) >= 11 is 0. The van der Waals surface area contributed by atoms with E-state index in [0.29, 0.717) is 12.2 Å². The van der Waals surface area contributed by atoms with Gasteiger partial charge in [0, 0.05) is 12.7 Å². The van der Waals surface area contributed by atoms with E-state index in [-0.39, 0.29) is 18.2 Å². The molecule has 2 heterocycles. The van der Waals surface area contributed by atoms with Gasteiger partial charge in [0.25, 0.3) is 0 Å². The van der Waals surface area contributed by atoms with Gasteiger partial charge in [0.1, 0.15) is 6.54 Å². The molecule has 0 saturated heterocycles. The van der Waals surface area contributed by atoms with E-state index >= 15 is 0 Å². The Labute approximate surface area is 110 Å². The molecule has 6 nitrogen and oxygen atoms in total. The number of pyridine rings is 1. The fraction of sp³-hybridized carbons (Fsp3) is 0.385. The smallest absolute Gasteiger partial charge is 0.163 e. The number of hydrogen-bond donors (Lipinski definition) is 1. The van der Waals surface area contributed by atoms with E-state index < -0.39 is 0 Å². The maximum absolute atomic E-state index is 12.3. The summed E-state index contributed by atoms with van der Waals surface area (Å²) in [5, 5.41) is 7.78. The van der Waals surface area contributed by atoms with Gasteiger partial charge >= 0.3 is 0 Å². The van der Waals surface area contributed by atoms with Crippen LogP contribution in [0.4, 0.5) is 0 Å². The molecule has 0 bridgehead atoms. The van der Waals surface area contributed by atoms with Crippen molar-refractivity contribution in [3.8, 4) is 0 Å². The quantitative estimate of drug-likeness (QED) is 0.858. The minimum absolute atomic E-state index is 0.110. The van der Waals surface area contributed by atoms with Gasteiger partial charge in [0.05, 0.1) is 23.5 Å². The lowest BCUT2D eigenvalue weighted by Gasteiger charge is -2.08. The molecular formula is C13H15N5O. The van der Waals surface area contributed by atoms with Gasteiger partial charge in [-0.2, -0.15) is 0 Å². The molecule has 1 unspecified atom stereocenters. The number of carbonyl (C=O) groups excluding carboxylic acids is 1. The second kappa shape index (κ2) is 4.89. The molecule has 2 aromatic rings. The third-order valence-electron chi connectivity index (χ3n) is 3.46. The fourth-order valence-electron chi connectivity index (χ4n) is 2.51. The standard InChI is InChI=1S/C13H15N5O/c14-6-10-7-18(17-16-10)8-12(19)11-4-3-9-2-1-5-15-13(9)11/h1-2,5,7,11H,3-4,6,8,14H2. The first-order valence-corrected chi connectivity index (χ1v) is 6.33. The van der Waals surface area contributed by atoms with Crippen molar-refractivity contribution in [3.63, 3.8) is 0 Å². The topological polar surface area (TPSA) is 86.7 Å². The van der Waals surface area contributed by atoms with Gasteiger partial charge in [0.15, 0.2) is 5.78 Å². The summed E-state index contributed by atoms with van der Waals surface area (Å²) in [5.74, 6) is 0.0210. The molecule has 2 N–H and O–H groups in total. The van der Waals surface area contributed by atoms with Crippen molar-refractivity contribution in [2.45, 2.75) is 31.8 Å². The summed E-state index contributed by atoms with van der Waals surface area (Å²) in [6, 6.07) is 3.95. The van der Waals surface area contributed by atoms with Gasteiger partial charge in [-0.3, -0.25) is 9.78 Å². The lowest BCUT2D eigenvalue weighted by molar-refractivity contribution is -0.121. The van der Waals surface area contributed by atoms with Gasteiger partial charge in [-0.25, -0.2) is 4.68 Å². The monoisotopic (exact) mass is 257 g/mol. The first-order valence-electron chi connectivity index (χ1n) is 6.33. The zero-order chi connectivity index (χ0) is 13.2. The summed E-state index contributed by atoms with van der Waals surface area (Å²) in [6.07, 6.45) is 5.22. The van der Waals surface area contributed by atoms with E-state index in [0.717, 1.165) is 18.5 Å². The Hall–Kier alpha value is -2.08. The highest BCUT2D eigenvalue weighted by atomic mass is 16.1. The van der Waals surface area contributed by atoms with Crippen LogP contribution in [-0.2, 0) is 24.3 Å². The molecule has 0 fully saturated rings. The molecule has 19 heavy (non-hydrogen) atoms. The van der Waals surface area contributed by atoms with Crippen LogP contribution in [0.3, 0.4) is 0 Å². The molecule has 1 aliphatic rings. The van der Waals surface area contributed by atoms with Crippen LogP contribution in [0.15, 0.2) is 24.5 Å². The van der Waals surface area contributed by atoms with E-state index in [2.05, 4.69) is 15.3 Å². The zero-order valence-electron chi connectivity index (χ0n) is 10.5. The number of fused-ring (bicyclic) bond motifs is 1. The molecule has 0 amide bonds. The first-order chi connectivity index (χ1) is 9.28. The number of carbonyl (C=O) groups is 1. The lowest BCUT2D eigenvalue weighted by atomic mass is 10.0. The molecule has 0 spiro atoms. The number of Topliss-reactive ketones (excluding diaryl/α,β-unsaturated/α-hetero) is 1. The van der Waals surface area contributed by atoms with Crippen molar-refractivity contribution in [2.75, 3.05) is 0 Å². The van der Waals surface area contributed by atoms with Gasteiger partial charge in [-0.15, -0.1) is 5.10 Å². The van der Waals surface area contributed by atoms with E-state index in [4.69, 9.17) is 5.73 Å². The Morgan fingerprint density at radius 1 is 1.53 bits per heavy atom. The number of hydrogen-bond acceptors (Lipinski definition) is 5. The van der Waals surface area contributed by atoms with Crippen LogP contribution in [0.1, 0.15) is 29.3 Å². The van der Waals surface area contributed by atoms with Gasteiger partial charge in [0.2, 0.25) is 0 Å². The Balaban J connectivity index is 1.75. The Morgan fingerprint density at radius 2 is 2.42 bits per heavy atom. The van der Waals surface area contributed by atoms with Crippen LogP contribution in [0.2, 0.25) is 0 Å². The normalized spacial score (nSPS) is 17.4. The molecule has 1 atom stereocenters. The van der Waals surface area contributed by atoms with Gasteiger partial charge in [-0.1, -0.05) is 11.3 Å². The third-order valence-corrected chi connectivity index (χ3v) is 3.46. The Kier molecular flexibility index (Phi) is 3.08. The number of nitrogens with zero attached hydrogens (tertiary/aromatic N) is 4. The number of aryl methyl sites for hydroxylation is 1. The molecular weight excluding hydrogens is 242 g/mol. The number of nitrogens with two attached hydrogens (primary N) is 1. The molecule has 6 heteroatoms. The van der Waals surface area contributed by atoms with Crippen molar-refractivity contribution in [1.29, 1.82) is 0 Å². The average molecular weight is 257 g/mol. The third kappa shape index (κ3) is 2.26. The molecule has 0 aliphatic heterocycles. The number of rotatable bonds is 4. The van der Waals surface area contributed by atoms with Crippen molar-refractivity contribution < 1.29 is 4.79 Å². The minimum atomic E-state index is -0.110. The van der Waals surface area contributed by atoms with Crippen LogP contribution in [0.5, 0.6) is 0 Å². The van der Waals surface area contributed by atoms with Crippen LogP contribution >= 0.6 is 0 Å². The summed E-state index contributed by atoms with van der Waals surface area (Å²) in [7, 11) is 0. The van der Waals surface area contributed by atoms with E-state index in [1.165, 1.54) is 5.56 Å². The van der Waals surface area contributed by atoms with Gasteiger partial charge < -0.3 is 5.73 Å². The molecule has 0 saturated carbocycles. The summed E-state index contributed by atoms with van der Waals surface area (Å²) in [6.45, 7) is 0.565. The van der Waals surface area contributed by atoms with Crippen molar-refractivity contribution in [2.24, 2.45) is 5.73 Å². The number of aromatic nitrogens is 4. The lowest BCUT2D eigenvalue weighted by Crippen LogP contribution is -2.18. The van der Waals surface area contributed by atoms with Crippen molar-refractivity contribution >= 4 is 5.78 Å². The molecule has 3 rings (SSSR count).